The van der Waals surface area contributed by atoms with Crippen molar-refractivity contribution in [1.82, 2.24) is 9.78 Å². The normalized spacial score (nSPS) is 24.5. The molecule has 0 spiro atoms. The van der Waals surface area contributed by atoms with Crippen LogP contribution in [0, 0.1) is 19.7 Å². The van der Waals surface area contributed by atoms with E-state index in [9.17, 15) is 24.5 Å². The van der Waals surface area contributed by atoms with Crippen molar-refractivity contribution in [3.63, 3.8) is 0 Å². The zero-order valence-corrected chi connectivity index (χ0v) is 20.5. The number of aryl methyl sites for hydroxylation is 1. The predicted molar refractivity (Wildman–Crippen MR) is 122 cm³/mol. The Balaban J connectivity index is 1.86. The summed E-state index contributed by atoms with van der Waals surface area (Å²) in [6.07, 6.45) is -8.25. The highest BCUT2D eigenvalue weighted by Crippen LogP contribution is 2.31. The van der Waals surface area contributed by atoms with Crippen molar-refractivity contribution in [2.45, 2.75) is 77.8 Å². The van der Waals surface area contributed by atoms with Crippen molar-refractivity contribution in [3.05, 3.63) is 46.4 Å². The van der Waals surface area contributed by atoms with Gasteiger partial charge in [-0.1, -0.05) is 12.1 Å². The van der Waals surface area contributed by atoms with Gasteiger partial charge in [-0.3, -0.25) is 4.68 Å². The van der Waals surface area contributed by atoms with Crippen molar-refractivity contribution in [2.24, 2.45) is 0 Å². The molecule has 1 aromatic heterocycles. The van der Waals surface area contributed by atoms with Gasteiger partial charge in [-0.25, -0.2) is 9.18 Å². The summed E-state index contributed by atoms with van der Waals surface area (Å²) in [7, 11) is 0. The fourth-order valence-corrected chi connectivity index (χ4v) is 3.88. The predicted octanol–water partition coefficient (Wildman–Crippen LogP) is 2.17. The first-order valence-corrected chi connectivity index (χ1v) is 11.5. The average Bonchev–Trinajstić information content (AvgIpc) is 3.10. The number of carbonyl (C=O) groups excluding carboxylic acids is 1. The number of benzene rings is 1. The number of rotatable bonds is 8. The number of hydrogen-bond donors (Lipinski definition) is 3. The van der Waals surface area contributed by atoms with Crippen LogP contribution in [0.3, 0.4) is 0 Å². The minimum absolute atomic E-state index is 0.0377. The second-order valence-electron chi connectivity index (χ2n) is 8.81. The molecule has 3 N–H and O–H groups in total. The van der Waals surface area contributed by atoms with Crippen LogP contribution in [-0.2, 0) is 20.6 Å². The summed E-state index contributed by atoms with van der Waals surface area (Å²) in [6.45, 7) is 8.74. The minimum atomic E-state index is -1.64. The summed E-state index contributed by atoms with van der Waals surface area (Å²) in [5.41, 5.74) is 2.55. The van der Waals surface area contributed by atoms with Gasteiger partial charge in [0.05, 0.1) is 6.61 Å². The van der Waals surface area contributed by atoms with Gasteiger partial charge in [-0.15, -0.1) is 5.10 Å². The zero-order valence-electron chi connectivity index (χ0n) is 20.5. The van der Waals surface area contributed by atoms with Crippen molar-refractivity contribution >= 4 is 6.16 Å². The molecule has 0 radical (unpaired) electrons. The number of hydrogen-bond acceptors (Lipinski definition) is 9. The monoisotopic (exact) mass is 496 g/mol. The van der Waals surface area contributed by atoms with E-state index in [1.807, 2.05) is 20.8 Å². The summed E-state index contributed by atoms with van der Waals surface area (Å²) < 4.78 is 37.4. The molecule has 1 fully saturated rings. The van der Waals surface area contributed by atoms with E-state index in [1.54, 1.807) is 30.7 Å². The number of ether oxygens (including phenoxy) is 4. The van der Waals surface area contributed by atoms with Crippen LogP contribution in [0.25, 0.3) is 0 Å². The molecule has 1 aliphatic rings. The van der Waals surface area contributed by atoms with E-state index in [0.29, 0.717) is 11.1 Å². The molecule has 194 valence electrons. The van der Waals surface area contributed by atoms with Crippen LogP contribution in [-0.4, -0.2) is 75.2 Å². The standard InChI is InChI=1S/C24H33FN2O8/c1-6-32-24(31)33-11-18-19(28)20(29)21(30)23(34-18)35-22-16(14(5)27(26-22)12(2)3)10-15-8-7-13(4)9-17(15)25/h7-9,12,18-21,23,28-30H,6,10-11H2,1-5H3/t18-,19-,20+,21-,23+/m1/s1. The Labute approximate surface area is 203 Å². The Morgan fingerprint density at radius 3 is 2.51 bits per heavy atom. The molecule has 1 saturated heterocycles. The number of halogens is 1. The molecule has 2 heterocycles. The van der Waals surface area contributed by atoms with Crippen LogP contribution in [0.2, 0.25) is 0 Å². The van der Waals surface area contributed by atoms with Gasteiger partial charge in [0.1, 0.15) is 36.8 Å². The van der Waals surface area contributed by atoms with Gasteiger partial charge >= 0.3 is 6.16 Å². The van der Waals surface area contributed by atoms with E-state index in [0.717, 1.165) is 11.3 Å². The molecular weight excluding hydrogens is 463 g/mol. The van der Waals surface area contributed by atoms with E-state index >= 15 is 0 Å². The summed E-state index contributed by atoms with van der Waals surface area (Å²) in [6, 6.07) is 4.90. The van der Waals surface area contributed by atoms with Crippen LogP contribution in [0.5, 0.6) is 5.88 Å². The second-order valence-corrected chi connectivity index (χ2v) is 8.81. The first kappa shape index (κ1) is 26.9. The highest BCUT2D eigenvalue weighted by Gasteiger charge is 2.46. The van der Waals surface area contributed by atoms with E-state index in [2.05, 4.69) is 9.84 Å². The fraction of sp³-hybridized carbons (Fsp3) is 0.583. The Kier molecular flexibility index (Phi) is 8.70. The van der Waals surface area contributed by atoms with E-state index in [4.69, 9.17) is 14.2 Å². The van der Waals surface area contributed by atoms with E-state index in [-0.39, 0.29) is 30.8 Å². The fourth-order valence-electron chi connectivity index (χ4n) is 3.88. The van der Waals surface area contributed by atoms with Crippen LogP contribution in [0.1, 0.15) is 49.2 Å². The lowest BCUT2D eigenvalue weighted by Crippen LogP contribution is -2.60. The van der Waals surface area contributed by atoms with Crippen LogP contribution < -0.4 is 4.74 Å². The smallest absolute Gasteiger partial charge is 0.443 e. The Hall–Kier alpha value is -2.73. The lowest BCUT2D eigenvalue weighted by molar-refractivity contribution is -0.278. The maximum absolute atomic E-state index is 14.6. The van der Waals surface area contributed by atoms with Crippen LogP contribution in [0.4, 0.5) is 9.18 Å². The number of aliphatic hydroxyl groups excluding tert-OH is 3. The third-order valence-corrected chi connectivity index (χ3v) is 5.83. The molecule has 10 nitrogen and oxygen atoms in total. The quantitative estimate of drug-likeness (QED) is 0.470. The van der Waals surface area contributed by atoms with Crippen molar-refractivity contribution in [1.29, 1.82) is 0 Å². The van der Waals surface area contributed by atoms with Crippen LogP contribution in [0.15, 0.2) is 18.2 Å². The zero-order chi connectivity index (χ0) is 25.9. The number of carbonyl (C=O) groups is 1. The number of nitrogens with zero attached hydrogens (tertiary/aromatic N) is 2. The Bertz CT molecular complexity index is 1030. The molecule has 5 atom stereocenters. The van der Waals surface area contributed by atoms with E-state index < -0.39 is 43.5 Å². The SMILES string of the molecule is CCOC(=O)OC[C@H]1O[C@@H](Oc2nn(C(C)C)c(C)c2Cc2ccc(C)cc2F)[C@H](O)[C@@H](O)[C@@H]1O. The summed E-state index contributed by atoms with van der Waals surface area (Å²) in [5, 5.41) is 35.6. The van der Waals surface area contributed by atoms with Gasteiger partial charge in [0, 0.05) is 23.7 Å². The van der Waals surface area contributed by atoms with Gasteiger partial charge in [0.15, 0.2) is 0 Å². The molecule has 1 aliphatic heterocycles. The Morgan fingerprint density at radius 1 is 1.17 bits per heavy atom. The first-order valence-electron chi connectivity index (χ1n) is 11.5. The lowest BCUT2D eigenvalue weighted by atomic mass is 9.99. The highest BCUT2D eigenvalue weighted by molar-refractivity contribution is 5.59. The van der Waals surface area contributed by atoms with Gasteiger partial charge in [0.2, 0.25) is 12.2 Å². The van der Waals surface area contributed by atoms with Crippen molar-refractivity contribution in [2.75, 3.05) is 13.2 Å². The maximum Gasteiger partial charge on any atom is 0.508 e. The molecule has 0 bridgehead atoms. The molecule has 2 aromatic rings. The topological polar surface area (TPSA) is 132 Å². The molecule has 3 rings (SSSR count). The molecule has 1 aromatic carbocycles. The molecule has 0 amide bonds. The molecule has 0 saturated carbocycles. The minimum Gasteiger partial charge on any atom is -0.443 e. The summed E-state index contributed by atoms with van der Waals surface area (Å²) >= 11 is 0. The van der Waals surface area contributed by atoms with Crippen molar-refractivity contribution < 1.29 is 43.5 Å². The lowest BCUT2D eigenvalue weighted by Gasteiger charge is -2.39. The molecular formula is C24H33FN2O8. The largest absolute Gasteiger partial charge is 0.508 e. The molecule has 35 heavy (non-hydrogen) atoms. The van der Waals surface area contributed by atoms with Gasteiger partial charge in [-0.05, 0) is 51.8 Å². The molecule has 0 unspecified atom stereocenters. The highest BCUT2D eigenvalue weighted by atomic mass is 19.1. The van der Waals surface area contributed by atoms with Gasteiger partial charge in [-0.2, -0.15) is 0 Å². The number of aromatic nitrogens is 2. The van der Waals surface area contributed by atoms with E-state index in [1.165, 1.54) is 6.07 Å². The van der Waals surface area contributed by atoms with Gasteiger partial charge < -0.3 is 34.3 Å². The van der Waals surface area contributed by atoms with Crippen molar-refractivity contribution in [3.8, 4) is 5.88 Å². The first-order chi connectivity index (χ1) is 16.5. The maximum atomic E-state index is 14.6. The second kappa shape index (κ2) is 11.3. The third kappa shape index (κ3) is 6.10. The Morgan fingerprint density at radius 2 is 1.89 bits per heavy atom. The molecule has 11 heteroatoms. The van der Waals surface area contributed by atoms with Crippen LogP contribution >= 0.6 is 0 Å². The molecule has 0 aliphatic carbocycles. The number of aliphatic hydroxyl groups is 3. The average molecular weight is 497 g/mol. The third-order valence-electron chi connectivity index (χ3n) is 5.83. The summed E-state index contributed by atoms with van der Waals surface area (Å²) in [4.78, 5) is 11.5. The van der Waals surface area contributed by atoms with Gasteiger partial charge in [0.25, 0.3) is 0 Å². The summed E-state index contributed by atoms with van der Waals surface area (Å²) in [5.74, 6) is -0.273.